The molecular weight excluding hydrogens is 329 g/mol. The zero-order valence-electron chi connectivity index (χ0n) is 14.4. The van der Waals surface area contributed by atoms with Crippen molar-refractivity contribution in [2.45, 2.75) is 18.9 Å². The van der Waals surface area contributed by atoms with Crippen LogP contribution < -0.4 is 5.56 Å². The monoisotopic (exact) mass is 349 g/mol. The Kier molecular flexibility index (Phi) is 3.64. The summed E-state index contributed by atoms with van der Waals surface area (Å²) >= 11 is 0. The molecule has 0 spiro atoms. The maximum Gasteiger partial charge on any atom is 0.258 e. The number of halogens is 1. The van der Waals surface area contributed by atoms with Crippen molar-refractivity contribution >= 4 is 10.9 Å². The highest BCUT2D eigenvalue weighted by Gasteiger charge is 2.47. The number of para-hydroxylation sites is 1. The first-order chi connectivity index (χ1) is 12.7. The van der Waals surface area contributed by atoms with E-state index in [1.165, 1.54) is 5.56 Å². The molecule has 1 aliphatic heterocycles. The summed E-state index contributed by atoms with van der Waals surface area (Å²) < 4.78 is 13.1. The highest BCUT2D eigenvalue weighted by molar-refractivity contribution is 5.77. The van der Waals surface area contributed by atoms with Gasteiger partial charge in [-0.1, -0.05) is 24.3 Å². The third kappa shape index (κ3) is 2.63. The minimum absolute atomic E-state index is 0.0723. The molecule has 1 saturated heterocycles. The normalized spacial score (nSPS) is 25.2. The lowest BCUT2D eigenvalue weighted by atomic mass is 9.64. The summed E-state index contributed by atoms with van der Waals surface area (Å²) in [4.78, 5) is 22.2. The number of nitrogens with zero attached hydrogens (tertiary/aromatic N) is 2. The van der Waals surface area contributed by atoms with Crippen LogP contribution in [0.1, 0.15) is 23.7 Å². The molecule has 1 aliphatic carbocycles. The summed E-state index contributed by atoms with van der Waals surface area (Å²) in [5, 5.41) is 0.633. The number of fused-ring (bicyclic) bond motifs is 2. The molecule has 1 saturated carbocycles. The van der Waals surface area contributed by atoms with Crippen molar-refractivity contribution in [2.75, 3.05) is 13.1 Å². The van der Waals surface area contributed by atoms with E-state index in [4.69, 9.17) is 0 Å². The predicted molar refractivity (Wildman–Crippen MR) is 98.4 cm³/mol. The summed E-state index contributed by atoms with van der Waals surface area (Å²) in [6.07, 6.45) is 1.16. The van der Waals surface area contributed by atoms with Gasteiger partial charge in [0, 0.05) is 13.1 Å². The number of aromatic nitrogens is 2. The van der Waals surface area contributed by atoms with Gasteiger partial charge in [-0.3, -0.25) is 9.69 Å². The van der Waals surface area contributed by atoms with Gasteiger partial charge < -0.3 is 4.98 Å². The second kappa shape index (κ2) is 6.02. The quantitative estimate of drug-likeness (QED) is 0.789. The molecule has 2 aromatic carbocycles. The van der Waals surface area contributed by atoms with E-state index in [9.17, 15) is 9.18 Å². The molecule has 2 fully saturated rings. The first kappa shape index (κ1) is 15.7. The van der Waals surface area contributed by atoms with Crippen LogP contribution in [0.3, 0.4) is 0 Å². The summed E-state index contributed by atoms with van der Waals surface area (Å²) in [5.41, 5.74) is 1.92. The summed E-state index contributed by atoms with van der Waals surface area (Å²) in [7, 11) is 0. The summed E-state index contributed by atoms with van der Waals surface area (Å²) in [5.74, 6) is 2.39. The van der Waals surface area contributed by atoms with E-state index >= 15 is 0 Å². The van der Waals surface area contributed by atoms with Gasteiger partial charge in [0.05, 0.1) is 17.4 Å². The minimum atomic E-state index is -0.177. The topological polar surface area (TPSA) is 49.0 Å². The van der Waals surface area contributed by atoms with Crippen molar-refractivity contribution in [1.29, 1.82) is 0 Å². The molecule has 1 N–H and O–H groups in total. The largest absolute Gasteiger partial charge is 0.309 e. The van der Waals surface area contributed by atoms with Gasteiger partial charge >= 0.3 is 0 Å². The average Bonchev–Trinajstić information content (AvgIpc) is 2.93. The number of H-pyrrole nitrogens is 1. The van der Waals surface area contributed by atoms with E-state index < -0.39 is 0 Å². The maximum absolute atomic E-state index is 13.1. The highest BCUT2D eigenvalue weighted by Crippen LogP contribution is 2.51. The lowest BCUT2D eigenvalue weighted by Gasteiger charge is -2.40. The third-order valence-electron chi connectivity index (χ3n) is 5.97. The SMILES string of the molecule is O=c1[nH]c(CN2CC3CC(c4ccc(F)cc4)C3C2)nc2ccccc12. The fourth-order valence-corrected chi connectivity index (χ4v) is 4.64. The molecule has 0 radical (unpaired) electrons. The van der Waals surface area contributed by atoms with Gasteiger partial charge in [-0.15, -0.1) is 0 Å². The maximum atomic E-state index is 13.1. The number of aromatic amines is 1. The zero-order chi connectivity index (χ0) is 17.7. The van der Waals surface area contributed by atoms with Crippen molar-refractivity contribution in [2.24, 2.45) is 11.8 Å². The fourth-order valence-electron chi connectivity index (χ4n) is 4.64. The molecule has 3 unspecified atom stereocenters. The Morgan fingerprint density at radius 3 is 2.77 bits per heavy atom. The van der Waals surface area contributed by atoms with Crippen LogP contribution >= 0.6 is 0 Å². The Morgan fingerprint density at radius 1 is 1.12 bits per heavy atom. The van der Waals surface area contributed by atoms with Crippen LogP contribution in [0.15, 0.2) is 53.3 Å². The van der Waals surface area contributed by atoms with Gasteiger partial charge in [-0.25, -0.2) is 9.37 Å². The number of nitrogens with one attached hydrogen (secondary N) is 1. The molecular formula is C21H20FN3O. The standard InChI is InChI=1S/C21H20FN3O/c22-15-7-5-13(6-8-15)17-9-14-10-25(11-18(14)17)12-20-23-19-4-2-1-3-16(19)21(26)24-20/h1-8,14,17-18H,9-12H2,(H,23,24,26). The first-order valence-corrected chi connectivity index (χ1v) is 9.13. The average molecular weight is 349 g/mol. The van der Waals surface area contributed by atoms with E-state index in [1.54, 1.807) is 18.2 Å². The molecule has 1 aromatic heterocycles. The van der Waals surface area contributed by atoms with E-state index in [2.05, 4.69) is 14.9 Å². The number of hydrogen-bond acceptors (Lipinski definition) is 3. The van der Waals surface area contributed by atoms with Crippen molar-refractivity contribution in [1.82, 2.24) is 14.9 Å². The lowest BCUT2D eigenvalue weighted by molar-refractivity contribution is 0.191. The molecule has 3 atom stereocenters. The Bertz CT molecular complexity index is 1010. The van der Waals surface area contributed by atoms with Crippen molar-refractivity contribution in [3.05, 3.63) is 76.1 Å². The Labute approximate surface area is 150 Å². The molecule has 3 aromatic rings. The fraction of sp³-hybridized carbons (Fsp3) is 0.333. The third-order valence-corrected chi connectivity index (χ3v) is 5.97. The van der Waals surface area contributed by atoms with E-state index in [0.717, 1.165) is 30.9 Å². The lowest BCUT2D eigenvalue weighted by Crippen LogP contribution is -2.33. The van der Waals surface area contributed by atoms with E-state index in [-0.39, 0.29) is 11.4 Å². The van der Waals surface area contributed by atoms with Crippen molar-refractivity contribution < 1.29 is 4.39 Å². The molecule has 26 heavy (non-hydrogen) atoms. The number of likely N-dealkylation sites (tertiary alicyclic amines) is 1. The van der Waals surface area contributed by atoms with Crippen molar-refractivity contribution in [3.8, 4) is 0 Å². The Balaban J connectivity index is 1.31. The zero-order valence-corrected chi connectivity index (χ0v) is 14.4. The second-order valence-electron chi connectivity index (χ2n) is 7.54. The Morgan fingerprint density at radius 2 is 1.92 bits per heavy atom. The van der Waals surface area contributed by atoms with E-state index in [0.29, 0.717) is 29.7 Å². The van der Waals surface area contributed by atoms with Crippen molar-refractivity contribution in [3.63, 3.8) is 0 Å². The minimum Gasteiger partial charge on any atom is -0.309 e. The van der Waals surface area contributed by atoms with Gasteiger partial charge in [0.15, 0.2) is 0 Å². The number of benzene rings is 2. The first-order valence-electron chi connectivity index (χ1n) is 9.13. The number of hydrogen-bond donors (Lipinski definition) is 1. The van der Waals surface area contributed by atoms with E-state index in [1.807, 2.05) is 30.3 Å². The molecule has 4 nitrogen and oxygen atoms in total. The molecule has 0 bridgehead atoms. The van der Waals surface area contributed by atoms with Gasteiger partial charge in [0.25, 0.3) is 5.56 Å². The smallest absolute Gasteiger partial charge is 0.258 e. The second-order valence-corrected chi connectivity index (χ2v) is 7.54. The molecule has 132 valence electrons. The highest BCUT2D eigenvalue weighted by atomic mass is 19.1. The van der Waals surface area contributed by atoms with Crippen LogP contribution in [0.2, 0.25) is 0 Å². The molecule has 5 rings (SSSR count). The molecule has 5 heteroatoms. The van der Waals surface area contributed by atoms with Crippen LogP contribution in [-0.2, 0) is 6.54 Å². The van der Waals surface area contributed by atoms with Crippen LogP contribution in [0.25, 0.3) is 10.9 Å². The molecule has 2 heterocycles. The van der Waals surface area contributed by atoms with Crippen LogP contribution in [0.4, 0.5) is 4.39 Å². The van der Waals surface area contributed by atoms with Gasteiger partial charge in [0.1, 0.15) is 11.6 Å². The number of rotatable bonds is 3. The van der Waals surface area contributed by atoms with Crippen LogP contribution in [0.5, 0.6) is 0 Å². The molecule has 0 amide bonds. The summed E-state index contributed by atoms with van der Waals surface area (Å²) in [6, 6.07) is 14.4. The van der Waals surface area contributed by atoms with Crippen LogP contribution in [-0.4, -0.2) is 28.0 Å². The van der Waals surface area contributed by atoms with Crippen LogP contribution in [0, 0.1) is 17.7 Å². The van der Waals surface area contributed by atoms with Gasteiger partial charge in [-0.2, -0.15) is 0 Å². The Hall–Kier alpha value is -2.53. The van der Waals surface area contributed by atoms with Gasteiger partial charge in [0.2, 0.25) is 0 Å². The molecule has 2 aliphatic rings. The predicted octanol–water partition coefficient (Wildman–Crippen LogP) is 3.30. The van der Waals surface area contributed by atoms with Gasteiger partial charge in [-0.05, 0) is 54.0 Å². The summed E-state index contributed by atoms with van der Waals surface area (Å²) in [6.45, 7) is 2.71.